The number of ketones is 1. The Morgan fingerprint density at radius 2 is 1.95 bits per heavy atom. The van der Waals surface area contributed by atoms with E-state index in [1.54, 1.807) is 11.3 Å². The molecule has 0 fully saturated rings. The minimum absolute atomic E-state index is 0.189. The van der Waals surface area contributed by atoms with Crippen LogP contribution < -0.4 is 4.90 Å². The van der Waals surface area contributed by atoms with Gasteiger partial charge >= 0.3 is 0 Å². The second-order valence-corrected chi connectivity index (χ2v) is 6.83. The number of amides is 1. The average molecular weight is 368 g/mol. The van der Waals surface area contributed by atoms with Gasteiger partial charge in [-0.05, 0) is 46.6 Å². The normalized spacial score (nSPS) is 14.0. The van der Waals surface area contributed by atoms with Gasteiger partial charge < -0.3 is 0 Å². The van der Waals surface area contributed by atoms with Crippen LogP contribution >= 0.6 is 27.3 Å². The molecule has 0 saturated heterocycles. The number of benzene rings is 1. The second-order valence-electron chi connectivity index (χ2n) is 4.73. The maximum Gasteiger partial charge on any atom is 0.299 e. The van der Waals surface area contributed by atoms with E-state index < -0.39 is 17.5 Å². The summed E-state index contributed by atoms with van der Waals surface area (Å²) in [4.78, 5) is 27.6. The van der Waals surface area contributed by atoms with Crippen molar-refractivity contribution in [2.24, 2.45) is 0 Å². The zero-order valence-corrected chi connectivity index (χ0v) is 13.6. The summed E-state index contributed by atoms with van der Waals surface area (Å²) < 4.78 is 13.9. The molecule has 0 unspecified atom stereocenters. The summed E-state index contributed by atoms with van der Waals surface area (Å²) in [6.07, 6.45) is 0.926. The zero-order valence-electron chi connectivity index (χ0n) is 11.2. The van der Waals surface area contributed by atoms with Gasteiger partial charge in [0, 0.05) is 9.75 Å². The largest absolute Gasteiger partial charge is 0.299 e. The Kier molecular flexibility index (Phi) is 3.67. The molecule has 1 aliphatic heterocycles. The molecule has 0 spiro atoms. The topological polar surface area (TPSA) is 37.4 Å². The molecular weight excluding hydrogens is 357 g/mol. The highest BCUT2D eigenvalue weighted by atomic mass is 79.9. The van der Waals surface area contributed by atoms with E-state index >= 15 is 0 Å². The van der Waals surface area contributed by atoms with E-state index in [0.717, 1.165) is 11.3 Å². The fourth-order valence-corrected chi connectivity index (χ4v) is 3.59. The summed E-state index contributed by atoms with van der Waals surface area (Å²) in [5, 5.41) is 0. The molecule has 3 nitrogen and oxygen atoms in total. The van der Waals surface area contributed by atoms with Crippen molar-refractivity contribution in [3.8, 4) is 0 Å². The third kappa shape index (κ3) is 2.42. The van der Waals surface area contributed by atoms with E-state index in [4.69, 9.17) is 0 Å². The van der Waals surface area contributed by atoms with Crippen molar-refractivity contribution in [3.63, 3.8) is 0 Å². The number of carbonyl (C=O) groups is 2. The van der Waals surface area contributed by atoms with Gasteiger partial charge in [-0.2, -0.15) is 0 Å². The number of hydrogen-bond donors (Lipinski definition) is 0. The third-order valence-corrected chi connectivity index (χ3v) is 5.22. The molecule has 108 valence electrons. The van der Waals surface area contributed by atoms with Crippen molar-refractivity contribution >= 4 is 44.6 Å². The number of Topliss-reactive ketones (excluding diaryl/α,β-unsaturated/α-hetero) is 1. The first-order valence-electron chi connectivity index (χ1n) is 6.44. The van der Waals surface area contributed by atoms with Crippen molar-refractivity contribution in [1.82, 2.24) is 0 Å². The van der Waals surface area contributed by atoms with Crippen molar-refractivity contribution in [2.45, 2.75) is 19.9 Å². The van der Waals surface area contributed by atoms with Gasteiger partial charge in [0.2, 0.25) is 0 Å². The molecule has 1 aliphatic rings. The van der Waals surface area contributed by atoms with Crippen molar-refractivity contribution in [2.75, 3.05) is 4.90 Å². The SMILES string of the molecule is CCc1ccc(CN2C(=O)C(=O)c3cc(Br)c(F)cc32)s1. The lowest BCUT2D eigenvalue weighted by Crippen LogP contribution is -2.28. The summed E-state index contributed by atoms with van der Waals surface area (Å²) in [6.45, 7) is 2.35. The zero-order chi connectivity index (χ0) is 15.1. The Hall–Kier alpha value is -1.53. The molecule has 1 aromatic heterocycles. The van der Waals surface area contributed by atoms with Crippen LogP contribution in [0, 0.1) is 5.82 Å². The number of thiophene rings is 1. The quantitative estimate of drug-likeness (QED) is 0.770. The minimum Gasteiger partial charge on any atom is -0.299 e. The molecule has 1 aromatic carbocycles. The molecule has 0 saturated carbocycles. The predicted octanol–water partition coefficient (Wildman–Crippen LogP) is 3.94. The van der Waals surface area contributed by atoms with Gasteiger partial charge in [-0.3, -0.25) is 14.5 Å². The molecule has 0 aliphatic carbocycles. The lowest BCUT2D eigenvalue weighted by atomic mass is 10.1. The number of nitrogens with zero attached hydrogens (tertiary/aromatic N) is 1. The molecule has 2 heterocycles. The number of rotatable bonds is 3. The Morgan fingerprint density at radius 3 is 2.62 bits per heavy atom. The second kappa shape index (κ2) is 5.35. The number of halogens is 2. The fraction of sp³-hybridized carbons (Fsp3) is 0.200. The predicted molar refractivity (Wildman–Crippen MR) is 83.3 cm³/mol. The molecule has 0 radical (unpaired) electrons. The molecule has 0 atom stereocenters. The lowest BCUT2D eigenvalue weighted by Gasteiger charge is -2.15. The van der Waals surface area contributed by atoms with Crippen LogP contribution in [-0.2, 0) is 17.8 Å². The van der Waals surface area contributed by atoms with Crippen molar-refractivity contribution < 1.29 is 14.0 Å². The van der Waals surface area contributed by atoms with Crippen molar-refractivity contribution in [1.29, 1.82) is 0 Å². The average Bonchev–Trinajstić information content (AvgIpc) is 3.01. The number of carbonyl (C=O) groups excluding carboxylic acids is 2. The van der Waals surface area contributed by atoms with Crippen molar-refractivity contribution in [3.05, 3.63) is 49.9 Å². The van der Waals surface area contributed by atoms with E-state index in [2.05, 4.69) is 22.9 Å². The Labute approximate surface area is 133 Å². The number of anilines is 1. The summed E-state index contributed by atoms with van der Waals surface area (Å²) >= 11 is 4.64. The van der Waals surface area contributed by atoms with Gasteiger partial charge in [0.1, 0.15) is 5.82 Å². The minimum atomic E-state index is -0.603. The van der Waals surface area contributed by atoms with E-state index in [-0.39, 0.29) is 10.0 Å². The Balaban J connectivity index is 1.99. The standard InChI is InChI=1S/C15H11BrFNO2S/c1-2-8-3-4-9(21-8)7-18-13-6-12(17)11(16)5-10(13)14(19)15(18)20/h3-6H,2,7H2,1H3. The lowest BCUT2D eigenvalue weighted by molar-refractivity contribution is -0.114. The van der Waals surface area contributed by atoms with Crippen LogP contribution in [-0.4, -0.2) is 11.7 Å². The monoisotopic (exact) mass is 367 g/mol. The number of fused-ring (bicyclic) bond motifs is 1. The number of hydrogen-bond acceptors (Lipinski definition) is 3. The van der Waals surface area contributed by atoms with Gasteiger partial charge in [0.25, 0.3) is 11.7 Å². The van der Waals surface area contributed by atoms with Crippen LogP contribution in [0.2, 0.25) is 0 Å². The highest BCUT2D eigenvalue weighted by molar-refractivity contribution is 9.10. The van der Waals surface area contributed by atoms with E-state index in [1.165, 1.54) is 21.9 Å². The molecule has 21 heavy (non-hydrogen) atoms. The summed E-state index contributed by atoms with van der Waals surface area (Å²) in [7, 11) is 0. The van der Waals surface area contributed by atoms with Crippen LogP contribution in [0.5, 0.6) is 0 Å². The van der Waals surface area contributed by atoms with Gasteiger partial charge in [-0.1, -0.05) is 6.92 Å². The first-order valence-corrected chi connectivity index (χ1v) is 8.05. The Morgan fingerprint density at radius 1 is 1.24 bits per heavy atom. The fourth-order valence-electron chi connectivity index (χ4n) is 2.30. The Bertz CT molecular complexity index is 756. The van der Waals surface area contributed by atoms with Gasteiger partial charge in [0.05, 0.1) is 22.3 Å². The molecule has 2 aromatic rings. The molecular formula is C15H11BrFNO2S. The van der Waals surface area contributed by atoms with Crippen LogP contribution in [0.1, 0.15) is 27.0 Å². The van der Waals surface area contributed by atoms with Gasteiger partial charge in [-0.25, -0.2) is 4.39 Å². The molecule has 6 heteroatoms. The first-order chi connectivity index (χ1) is 10.0. The molecule has 0 bridgehead atoms. The summed E-state index contributed by atoms with van der Waals surface area (Å²) in [6, 6.07) is 6.55. The van der Waals surface area contributed by atoms with Crippen LogP contribution in [0.4, 0.5) is 10.1 Å². The molecule has 0 N–H and O–H groups in total. The summed E-state index contributed by atoms with van der Waals surface area (Å²) in [5.41, 5.74) is 0.595. The van der Waals surface area contributed by atoms with Crippen LogP contribution in [0.3, 0.4) is 0 Å². The first kappa shape index (κ1) is 14.4. The number of aryl methyl sites for hydroxylation is 1. The smallest absolute Gasteiger partial charge is 0.299 e. The molecule has 1 amide bonds. The van der Waals surface area contributed by atoms with Crippen LogP contribution in [0.15, 0.2) is 28.7 Å². The van der Waals surface area contributed by atoms with Crippen LogP contribution in [0.25, 0.3) is 0 Å². The highest BCUT2D eigenvalue weighted by Gasteiger charge is 2.36. The van der Waals surface area contributed by atoms with Gasteiger partial charge in [-0.15, -0.1) is 11.3 Å². The van der Waals surface area contributed by atoms with E-state index in [9.17, 15) is 14.0 Å². The maximum absolute atomic E-state index is 13.7. The van der Waals surface area contributed by atoms with E-state index in [1.807, 2.05) is 12.1 Å². The summed E-state index contributed by atoms with van der Waals surface area (Å²) in [5.74, 6) is -1.67. The highest BCUT2D eigenvalue weighted by Crippen LogP contribution is 2.35. The van der Waals surface area contributed by atoms with E-state index in [0.29, 0.717) is 12.2 Å². The third-order valence-electron chi connectivity index (χ3n) is 3.39. The molecule has 3 rings (SSSR count). The van der Waals surface area contributed by atoms with Gasteiger partial charge in [0.15, 0.2) is 0 Å². The maximum atomic E-state index is 13.7.